The smallest absolute Gasteiger partial charge is 0.410 e. The number of anilines is 1. The molecule has 16 heteroatoms. The van der Waals surface area contributed by atoms with E-state index in [0.717, 1.165) is 11.3 Å². The van der Waals surface area contributed by atoms with Gasteiger partial charge in [0.15, 0.2) is 17.7 Å². The van der Waals surface area contributed by atoms with E-state index >= 15 is 0 Å². The van der Waals surface area contributed by atoms with Crippen LogP contribution < -0.4 is 11.1 Å². The summed E-state index contributed by atoms with van der Waals surface area (Å²) in [6.45, 7) is 15.7. The van der Waals surface area contributed by atoms with Gasteiger partial charge < -0.3 is 44.7 Å². The first-order chi connectivity index (χ1) is 27.3. The van der Waals surface area contributed by atoms with Gasteiger partial charge in [-0.3, -0.25) is 19.2 Å². The Kier molecular flexibility index (Phi) is 14.7. The Hall–Kier alpha value is -3.67. The third-order valence-corrected chi connectivity index (χ3v) is 12.5. The number of ether oxygens (including phenoxy) is 5. The number of fused-ring (bicyclic) bond motifs is 1. The number of nitrogens with one attached hydrogen (secondary N) is 1. The summed E-state index contributed by atoms with van der Waals surface area (Å²) in [5, 5.41) is 23.8. The molecule has 58 heavy (non-hydrogen) atoms. The van der Waals surface area contributed by atoms with Crippen molar-refractivity contribution in [1.82, 2.24) is 30.1 Å². The molecule has 0 bridgehead atoms. The number of Topliss-reactive ketones (excluding diaryl/α,β-unsaturated/α-hetero) is 1. The van der Waals surface area contributed by atoms with Gasteiger partial charge in [-0.25, -0.2) is 4.79 Å². The maximum absolute atomic E-state index is 14.3. The van der Waals surface area contributed by atoms with E-state index in [1.165, 1.54) is 6.92 Å². The molecule has 3 aliphatic heterocycles. The molecule has 0 saturated carbocycles. The predicted octanol–water partition coefficient (Wildman–Crippen LogP) is 4.04. The minimum Gasteiger partial charge on any atom is -0.458 e. The zero-order valence-corrected chi connectivity index (χ0v) is 36.2. The fraction of sp³-hybridized carbons (Fsp3) is 0.738. The SMILES string of the molecule is CC[C@H]1OC(=O)[C@H](C)C(=O)[C@H](C)[C@@H](O[C@@H]2O[C@H](C)CC(N(C)C)C2O)[C@](C)(OC)CC(C)N[C@H](C)[C@H]2N(CCCCn3cc(-c4cccc(N)c4)nn3)C(=O)O[C@]12C. The highest BCUT2D eigenvalue weighted by Crippen LogP contribution is 2.40. The number of aromatic nitrogens is 3. The molecule has 1 aromatic heterocycles. The minimum atomic E-state index is -1.24. The topological polar surface area (TPSA) is 193 Å². The van der Waals surface area contributed by atoms with Gasteiger partial charge in [-0.05, 0) is 99.9 Å². The number of rotatable bonds is 11. The van der Waals surface area contributed by atoms with Crippen LogP contribution in [0.2, 0.25) is 0 Å². The summed E-state index contributed by atoms with van der Waals surface area (Å²) in [5.74, 6) is -3.16. The average Bonchev–Trinajstić information content (AvgIpc) is 3.75. The number of likely N-dealkylation sites (N-methyl/N-ethyl adjacent to an activating group) is 1. The van der Waals surface area contributed by atoms with E-state index in [-0.39, 0.29) is 24.2 Å². The number of ketones is 1. The van der Waals surface area contributed by atoms with Crippen LogP contribution in [0.25, 0.3) is 11.3 Å². The first kappa shape index (κ1) is 45.4. The van der Waals surface area contributed by atoms with Gasteiger partial charge in [0, 0.05) is 55.5 Å². The first-order valence-corrected chi connectivity index (χ1v) is 20.8. The molecular formula is C42H67N7O9. The summed E-state index contributed by atoms with van der Waals surface area (Å²) in [4.78, 5) is 45.8. The minimum absolute atomic E-state index is 0.218. The normalized spacial score (nSPS) is 36.7. The van der Waals surface area contributed by atoms with E-state index in [4.69, 9.17) is 29.4 Å². The molecule has 3 saturated heterocycles. The number of hydrogen-bond acceptors (Lipinski definition) is 14. The van der Waals surface area contributed by atoms with E-state index in [1.54, 1.807) is 23.6 Å². The number of esters is 1. The number of aryl methyl sites for hydroxylation is 1. The summed E-state index contributed by atoms with van der Waals surface area (Å²) in [6.07, 6.45) is -0.00865. The average molecular weight is 814 g/mol. The van der Waals surface area contributed by atoms with E-state index in [1.807, 2.05) is 91.0 Å². The molecular weight excluding hydrogens is 747 g/mol. The summed E-state index contributed by atoms with van der Waals surface area (Å²) in [7, 11) is 5.36. The van der Waals surface area contributed by atoms with Crippen LogP contribution in [0.5, 0.6) is 0 Å². The lowest BCUT2D eigenvalue weighted by Crippen LogP contribution is -2.63. The monoisotopic (exact) mass is 814 g/mol. The van der Waals surface area contributed by atoms with Gasteiger partial charge in [0.05, 0.1) is 30.0 Å². The van der Waals surface area contributed by atoms with E-state index < -0.39 is 71.5 Å². The number of benzene rings is 1. The van der Waals surface area contributed by atoms with Crippen molar-refractivity contribution in [1.29, 1.82) is 0 Å². The van der Waals surface area contributed by atoms with Crippen molar-refractivity contribution >= 4 is 23.5 Å². The van der Waals surface area contributed by atoms with Gasteiger partial charge in [0.25, 0.3) is 0 Å². The Balaban J connectivity index is 1.40. The van der Waals surface area contributed by atoms with Crippen LogP contribution in [0.1, 0.15) is 87.5 Å². The number of methoxy groups -OCH3 is 1. The molecule has 16 nitrogen and oxygen atoms in total. The quantitative estimate of drug-likeness (QED) is 0.127. The summed E-state index contributed by atoms with van der Waals surface area (Å²) in [5.41, 5.74) is 5.87. The summed E-state index contributed by atoms with van der Waals surface area (Å²) in [6, 6.07) is 6.12. The molecule has 3 fully saturated rings. The van der Waals surface area contributed by atoms with Gasteiger partial charge in [0.2, 0.25) is 0 Å². The van der Waals surface area contributed by atoms with Gasteiger partial charge in [-0.15, -0.1) is 5.10 Å². The molecule has 0 spiro atoms. The lowest BCUT2D eigenvalue weighted by molar-refractivity contribution is -0.295. The second-order valence-electron chi connectivity index (χ2n) is 17.3. The third-order valence-electron chi connectivity index (χ3n) is 12.5. The number of cyclic esters (lactones) is 1. The highest BCUT2D eigenvalue weighted by molar-refractivity contribution is 6.00. The van der Waals surface area contributed by atoms with Crippen LogP contribution in [-0.4, -0.2) is 142 Å². The first-order valence-electron chi connectivity index (χ1n) is 20.8. The number of nitrogens with two attached hydrogens (primary N) is 1. The van der Waals surface area contributed by atoms with Crippen molar-refractivity contribution in [3.05, 3.63) is 30.5 Å². The molecule has 4 heterocycles. The highest BCUT2D eigenvalue weighted by atomic mass is 16.7. The maximum atomic E-state index is 14.3. The molecule has 1 amide bonds. The van der Waals surface area contributed by atoms with Gasteiger partial charge in [-0.1, -0.05) is 31.2 Å². The second-order valence-corrected chi connectivity index (χ2v) is 17.3. The van der Waals surface area contributed by atoms with Crippen molar-refractivity contribution in [2.75, 3.05) is 33.5 Å². The highest BCUT2D eigenvalue weighted by Gasteiger charge is 2.59. The Labute approximate surface area is 343 Å². The number of unbranched alkanes of at least 4 members (excludes halogenated alkanes) is 1. The van der Waals surface area contributed by atoms with Gasteiger partial charge >= 0.3 is 12.1 Å². The van der Waals surface area contributed by atoms with Crippen molar-refractivity contribution in [3.8, 4) is 11.3 Å². The number of carbonyl (C=O) groups excluding carboxylic acids is 3. The van der Waals surface area contributed by atoms with Crippen molar-refractivity contribution in [2.24, 2.45) is 11.8 Å². The predicted molar refractivity (Wildman–Crippen MR) is 217 cm³/mol. The summed E-state index contributed by atoms with van der Waals surface area (Å²) < 4.78 is 33.2. The number of hydrogen-bond donors (Lipinski definition) is 3. The Bertz CT molecular complexity index is 1730. The number of nitrogen functional groups attached to an aromatic ring is 1. The van der Waals surface area contributed by atoms with Crippen molar-refractivity contribution < 1.29 is 43.2 Å². The molecule has 0 aliphatic carbocycles. The van der Waals surface area contributed by atoms with Gasteiger partial charge in [-0.2, -0.15) is 0 Å². The van der Waals surface area contributed by atoms with Gasteiger partial charge in [0.1, 0.15) is 23.8 Å². The fourth-order valence-electron chi connectivity index (χ4n) is 9.40. The van der Waals surface area contributed by atoms with E-state index in [0.29, 0.717) is 50.9 Å². The Morgan fingerprint density at radius 1 is 1.09 bits per heavy atom. The van der Waals surface area contributed by atoms with Crippen LogP contribution in [0.15, 0.2) is 30.5 Å². The van der Waals surface area contributed by atoms with Crippen molar-refractivity contribution in [3.63, 3.8) is 0 Å². The number of aliphatic hydroxyl groups is 1. The number of aliphatic hydroxyl groups excluding tert-OH is 1. The molecule has 5 rings (SSSR count). The van der Waals surface area contributed by atoms with Crippen LogP contribution in [-0.2, 0) is 39.8 Å². The van der Waals surface area contributed by atoms with Crippen LogP contribution in [0.4, 0.5) is 10.5 Å². The molecule has 4 N–H and O–H groups in total. The second kappa shape index (κ2) is 18.7. The van der Waals surface area contributed by atoms with E-state index in [2.05, 4.69) is 15.6 Å². The fourth-order valence-corrected chi connectivity index (χ4v) is 9.40. The lowest BCUT2D eigenvalue weighted by atomic mass is 9.78. The summed E-state index contributed by atoms with van der Waals surface area (Å²) >= 11 is 0. The zero-order valence-electron chi connectivity index (χ0n) is 36.2. The molecule has 2 aromatic rings. The largest absolute Gasteiger partial charge is 0.458 e. The molecule has 13 atom stereocenters. The van der Waals surface area contributed by atoms with Crippen molar-refractivity contribution in [2.45, 2.75) is 160 Å². The Morgan fingerprint density at radius 3 is 2.45 bits per heavy atom. The molecule has 1 aromatic carbocycles. The Morgan fingerprint density at radius 2 is 1.79 bits per heavy atom. The third kappa shape index (κ3) is 9.68. The van der Waals surface area contributed by atoms with Crippen LogP contribution in [0.3, 0.4) is 0 Å². The van der Waals surface area contributed by atoms with Crippen LogP contribution >= 0.6 is 0 Å². The molecule has 3 unspecified atom stereocenters. The maximum Gasteiger partial charge on any atom is 0.410 e. The molecule has 324 valence electrons. The standard InChI is InChI=1S/C42H67N7O9/c1-12-33-42(8)36(49(40(53)58-42)19-14-13-18-48-23-31(45-46-48)29-16-15-17-30(43)21-29)28(6)44-24(2)22-41(7,54-11)37(26(4)34(50)27(5)38(52)56-33)57-39-35(51)32(47(9)10)20-25(3)55-39/h15-17,21,23-28,32-33,35-37,39,44,51H,12-14,18-20,22,43H2,1-11H3/t24?,25-,26+,27-,28-,32?,33-,35?,36-,37-,39+,41-,42-/m1/s1. The zero-order chi connectivity index (χ0) is 42.7. The van der Waals surface area contributed by atoms with Crippen LogP contribution in [0, 0.1) is 11.8 Å². The molecule has 0 radical (unpaired) electrons. The lowest BCUT2D eigenvalue weighted by Gasteiger charge is -2.47. The van der Waals surface area contributed by atoms with E-state index in [9.17, 15) is 19.5 Å². The number of carbonyl (C=O) groups is 3. The number of amides is 1. The number of nitrogens with zero attached hydrogens (tertiary/aromatic N) is 5. The molecule has 3 aliphatic rings.